The molecule has 1 saturated carbocycles. The van der Waals surface area contributed by atoms with Gasteiger partial charge in [-0.1, -0.05) is 6.42 Å². The number of hydrogen-bond acceptors (Lipinski definition) is 2. The van der Waals surface area contributed by atoms with Gasteiger partial charge in [-0.2, -0.15) is 0 Å². The van der Waals surface area contributed by atoms with Gasteiger partial charge in [0.2, 0.25) is 0 Å². The van der Waals surface area contributed by atoms with Gasteiger partial charge in [0, 0.05) is 17.2 Å². The van der Waals surface area contributed by atoms with Crippen LogP contribution in [0.15, 0.2) is 24.3 Å². The summed E-state index contributed by atoms with van der Waals surface area (Å²) in [5.74, 6) is 0.565. The highest BCUT2D eigenvalue weighted by molar-refractivity contribution is 5.98. The van der Waals surface area contributed by atoms with E-state index < -0.39 is 0 Å². The summed E-state index contributed by atoms with van der Waals surface area (Å²) in [6.45, 7) is 0. The van der Waals surface area contributed by atoms with E-state index in [2.05, 4.69) is 0 Å². The van der Waals surface area contributed by atoms with E-state index in [1.165, 1.54) is 6.42 Å². The minimum atomic E-state index is 0.281. The monoisotopic (exact) mass is 175 g/mol. The molecule has 0 unspecified atom stereocenters. The van der Waals surface area contributed by atoms with E-state index in [-0.39, 0.29) is 11.7 Å². The first-order valence-electron chi connectivity index (χ1n) is 4.67. The Bertz CT molecular complexity index is 311. The zero-order valence-corrected chi connectivity index (χ0v) is 7.49. The van der Waals surface area contributed by atoms with Crippen LogP contribution in [0.2, 0.25) is 0 Å². The summed E-state index contributed by atoms with van der Waals surface area (Å²) in [6, 6.07) is 7.20. The van der Waals surface area contributed by atoms with E-state index in [0.29, 0.717) is 5.69 Å². The molecule has 0 bridgehead atoms. The number of Topliss-reactive ketones (excluding diaryl/α,β-unsaturated/α-hetero) is 1. The summed E-state index contributed by atoms with van der Waals surface area (Å²) in [5.41, 5.74) is 7.06. The number of benzene rings is 1. The number of ketones is 1. The Morgan fingerprint density at radius 2 is 1.85 bits per heavy atom. The molecule has 0 amide bonds. The van der Waals surface area contributed by atoms with Crippen LogP contribution in [-0.4, -0.2) is 5.78 Å². The minimum absolute atomic E-state index is 0.281. The van der Waals surface area contributed by atoms with Crippen molar-refractivity contribution in [1.82, 2.24) is 0 Å². The average Bonchev–Trinajstić information content (AvgIpc) is 2.02. The van der Waals surface area contributed by atoms with Crippen LogP contribution < -0.4 is 5.73 Å². The van der Waals surface area contributed by atoms with E-state index >= 15 is 0 Å². The van der Waals surface area contributed by atoms with E-state index in [9.17, 15) is 4.79 Å². The van der Waals surface area contributed by atoms with Crippen molar-refractivity contribution < 1.29 is 4.79 Å². The first kappa shape index (κ1) is 8.30. The zero-order chi connectivity index (χ0) is 9.26. The van der Waals surface area contributed by atoms with Gasteiger partial charge in [0.1, 0.15) is 0 Å². The normalized spacial score (nSPS) is 16.6. The summed E-state index contributed by atoms with van der Waals surface area (Å²) in [7, 11) is 0. The second kappa shape index (κ2) is 3.21. The van der Waals surface area contributed by atoms with Gasteiger partial charge >= 0.3 is 0 Å². The van der Waals surface area contributed by atoms with E-state index in [0.717, 1.165) is 18.4 Å². The van der Waals surface area contributed by atoms with Crippen LogP contribution in [0.4, 0.5) is 5.69 Å². The number of carbonyl (C=O) groups excluding carboxylic acids is 1. The smallest absolute Gasteiger partial charge is 0.165 e. The maximum absolute atomic E-state index is 11.7. The van der Waals surface area contributed by atoms with Gasteiger partial charge in [0.05, 0.1) is 0 Å². The predicted molar refractivity (Wildman–Crippen MR) is 52.5 cm³/mol. The van der Waals surface area contributed by atoms with Crippen molar-refractivity contribution in [3.63, 3.8) is 0 Å². The van der Waals surface area contributed by atoms with Gasteiger partial charge in [0.15, 0.2) is 5.78 Å². The molecule has 0 aromatic heterocycles. The standard InChI is InChI=1S/C11H13NO/c12-10-6-4-9(5-7-10)11(13)8-2-1-3-8/h4-8H,1-3,12H2. The summed E-state index contributed by atoms with van der Waals surface area (Å²) in [6.07, 6.45) is 3.32. The molecule has 2 N–H and O–H groups in total. The minimum Gasteiger partial charge on any atom is -0.399 e. The Kier molecular flexibility index (Phi) is 2.05. The van der Waals surface area contributed by atoms with Crippen molar-refractivity contribution in [3.05, 3.63) is 29.8 Å². The van der Waals surface area contributed by atoms with Crippen LogP contribution in [0.5, 0.6) is 0 Å². The third-order valence-corrected chi connectivity index (χ3v) is 2.67. The topological polar surface area (TPSA) is 43.1 Å². The van der Waals surface area contributed by atoms with E-state index in [1.807, 2.05) is 12.1 Å². The van der Waals surface area contributed by atoms with Crippen molar-refractivity contribution in [2.75, 3.05) is 5.73 Å². The quantitative estimate of drug-likeness (QED) is 0.553. The molecule has 0 radical (unpaired) electrons. The third kappa shape index (κ3) is 1.57. The molecule has 1 aromatic carbocycles. The number of hydrogen-bond donors (Lipinski definition) is 1. The summed E-state index contributed by atoms with van der Waals surface area (Å²) in [5, 5.41) is 0. The third-order valence-electron chi connectivity index (χ3n) is 2.67. The Morgan fingerprint density at radius 1 is 1.23 bits per heavy atom. The number of nitrogen functional groups attached to an aromatic ring is 1. The highest BCUT2D eigenvalue weighted by Crippen LogP contribution is 2.29. The molecular weight excluding hydrogens is 162 g/mol. The highest BCUT2D eigenvalue weighted by atomic mass is 16.1. The molecule has 0 heterocycles. The van der Waals surface area contributed by atoms with Crippen molar-refractivity contribution in [3.8, 4) is 0 Å². The first-order chi connectivity index (χ1) is 6.27. The van der Waals surface area contributed by atoms with E-state index in [1.54, 1.807) is 12.1 Å². The fourth-order valence-corrected chi connectivity index (χ4v) is 1.55. The lowest BCUT2D eigenvalue weighted by molar-refractivity contribution is 0.0855. The maximum Gasteiger partial charge on any atom is 0.165 e. The van der Waals surface area contributed by atoms with Crippen molar-refractivity contribution in [2.24, 2.45) is 5.92 Å². The van der Waals surface area contributed by atoms with Gasteiger partial charge < -0.3 is 5.73 Å². The molecule has 0 atom stereocenters. The Morgan fingerprint density at radius 3 is 2.31 bits per heavy atom. The zero-order valence-electron chi connectivity index (χ0n) is 7.49. The number of carbonyl (C=O) groups is 1. The van der Waals surface area contributed by atoms with Gasteiger partial charge in [-0.15, -0.1) is 0 Å². The Hall–Kier alpha value is -1.31. The predicted octanol–water partition coefficient (Wildman–Crippen LogP) is 2.25. The molecular formula is C11H13NO. The van der Waals surface area contributed by atoms with Crippen LogP contribution in [-0.2, 0) is 0 Å². The number of rotatable bonds is 2. The van der Waals surface area contributed by atoms with Crippen LogP contribution in [0, 0.1) is 5.92 Å². The SMILES string of the molecule is Nc1ccc(C(=O)C2CCC2)cc1. The summed E-state index contributed by atoms with van der Waals surface area (Å²) in [4.78, 5) is 11.7. The van der Waals surface area contributed by atoms with Gasteiger partial charge in [-0.3, -0.25) is 4.79 Å². The lowest BCUT2D eigenvalue weighted by Gasteiger charge is -2.23. The molecule has 2 rings (SSSR count). The van der Waals surface area contributed by atoms with Crippen LogP contribution in [0.25, 0.3) is 0 Å². The van der Waals surface area contributed by atoms with Crippen molar-refractivity contribution in [1.29, 1.82) is 0 Å². The van der Waals surface area contributed by atoms with Gasteiger partial charge in [0.25, 0.3) is 0 Å². The van der Waals surface area contributed by atoms with Gasteiger partial charge in [-0.05, 0) is 37.1 Å². The molecule has 2 heteroatoms. The second-order valence-corrected chi connectivity index (χ2v) is 3.61. The fraction of sp³-hybridized carbons (Fsp3) is 0.364. The molecule has 68 valence electrons. The molecule has 1 aromatic rings. The fourth-order valence-electron chi connectivity index (χ4n) is 1.55. The molecule has 13 heavy (non-hydrogen) atoms. The van der Waals surface area contributed by atoms with Crippen LogP contribution in [0.3, 0.4) is 0 Å². The molecule has 0 aliphatic heterocycles. The van der Waals surface area contributed by atoms with E-state index in [4.69, 9.17) is 5.73 Å². The molecule has 2 nitrogen and oxygen atoms in total. The Balaban J connectivity index is 2.15. The molecule has 0 spiro atoms. The lowest BCUT2D eigenvalue weighted by Crippen LogP contribution is -2.21. The number of nitrogens with two attached hydrogens (primary N) is 1. The second-order valence-electron chi connectivity index (χ2n) is 3.61. The van der Waals surface area contributed by atoms with Gasteiger partial charge in [-0.25, -0.2) is 0 Å². The first-order valence-corrected chi connectivity index (χ1v) is 4.67. The lowest BCUT2D eigenvalue weighted by atomic mass is 9.80. The molecule has 0 saturated heterocycles. The summed E-state index contributed by atoms with van der Waals surface area (Å²) >= 11 is 0. The molecule has 1 fully saturated rings. The molecule has 1 aliphatic rings. The van der Waals surface area contributed by atoms with Crippen molar-refractivity contribution >= 4 is 11.5 Å². The van der Waals surface area contributed by atoms with Crippen molar-refractivity contribution in [2.45, 2.75) is 19.3 Å². The average molecular weight is 175 g/mol. The molecule has 1 aliphatic carbocycles. The largest absolute Gasteiger partial charge is 0.399 e. The highest BCUT2D eigenvalue weighted by Gasteiger charge is 2.25. The summed E-state index contributed by atoms with van der Waals surface area (Å²) < 4.78 is 0. The maximum atomic E-state index is 11.7. The number of anilines is 1. The Labute approximate surface area is 77.8 Å². The van der Waals surface area contributed by atoms with Crippen LogP contribution in [0.1, 0.15) is 29.6 Å². The van der Waals surface area contributed by atoms with Crippen LogP contribution >= 0.6 is 0 Å².